The summed E-state index contributed by atoms with van der Waals surface area (Å²) in [5.41, 5.74) is 0.313. The third-order valence-electron chi connectivity index (χ3n) is 2.19. The van der Waals surface area contributed by atoms with Crippen LogP contribution < -0.4 is 5.32 Å². The molecule has 0 aromatic carbocycles. The van der Waals surface area contributed by atoms with Crippen LogP contribution in [0.25, 0.3) is 0 Å². The van der Waals surface area contributed by atoms with Crippen LogP contribution in [0, 0.1) is 0 Å². The number of cyclic esters (lactones) is 1. The van der Waals surface area contributed by atoms with Crippen molar-refractivity contribution in [2.24, 2.45) is 0 Å². The summed E-state index contributed by atoms with van der Waals surface area (Å²) in [5.74, 6) is -1.01. The molecule has 0 unspecified atom stereocenters. The normalized spacial score (nSPS) is 26.9. The lowest BCUT2D eigenvalue weighted by Gasteiger charge is -2.00. The highest BCUT2D eigenvalue weighted by atomic mass is 16.5. The van der Waals surface area contributed by atoms with Gasteiger partial charge >= 0.3 is 12.0 Å². The number of hydrogen-bond donors (Lipinski definition) is 1. The fraction of sp³-hybridized carbons (Fsp3) is 0.375. The Hall–Kier alpha value is -1.85. The van der Waals surface area contributed by atoms with Crippen LogP contribution in [0.15, 0.2) is 11.3 Å². The molecule has 3 amide bonds. The second-order valence-corrected chi connectivity index (χ2v) is 3.03. The van der Waals surface area contributed by atoms with E-state index in [2.05, 4.69) is 10.1 Å². The SMILES string of the molecule is CN1C(=O)N/C(=C2/CCOC2=O)C1=O. The van der Waals surface area contributed by atoms with Crippen molar-refractivity contribution in [3.8, 4) is 0 Å². The number of rotatable bonds is 0. The monoisotopic (exact) mass is 196 g/mol. The van der Waals surface area contributed by atoms with Crippen molar-refractivity contribution < 1.29 is 19.1 Å². The number of nitrogens with zero attached hydrogens (tertiary/aromatic N) is 1. The van der Waals surface area contributed by atoms with Gasteiger partial charge in [-0.2, -0.15) is 0 Å². The summed E-state index contributed by atoms with van der Waals surface area (Å²) in [6.45, 7) is 0.268. The molecule has 14 heavy (non-hydrogen) atoms. The maximum Gasteiger partial charge on any atom is 0.336 e. The van der Waals surface area contributed by atoms with Gasteiger partial charge in [0.25, 0.3) is 5.91 Å². The first-order valence-electron chi connectivity index (χ1n) is 4.10. The zero-order valence-electron chi connectivity index (χ0n) is 7.49. The van der Waals surface area contributed by atoms with E-state index >= 15 is 0 Å². The minimum atomic E-state index is -0.524. The molecule has 0 spiro atoms. The molecule has 2 fully saturated rings. The number of amides is 3. The molecule has 0 aromatic rings. The first kappa shape index (κ1) is 8.74. The number of imide groups is 1. The molecule has 0 aliphatic carbocycles. The zero-order chi connectivity index (χ0) is 10.3. The molecule has 2 aliphatic heterocycles. The first-order chi connectivity index (χ1) is 6.61. The molecule has 0 aromatic heterocycles. The minimum absolute atomic E-state index is 0.0556. The van der Waals surface area contributed by atoms with E-state index in [-0.39, 0.29) is 17.9 Å². The second kappa shape index (κ2) is 2.83. The van der Waals surface area contributed by atoms with Gasteiger partial charge in [0.05, 0.1) is 12.2 Å². The minimum Gasteiger partial charge on any atom is -0.462 e. The molecule has 2 rings (SSSR count). The van der Waals surface area contributed by atoms with Gasteiger partial charge in [-0.05, 0) is 0 Å². The largest absolute Gasteiger partial charge is 0.462 e. The van der Waals surface area contributed by atoms with Gasteiger partial charge in [-0.3, -0.25) is 9.69 Å². The van der Waals surface area contributed by atoms with E-state index in [0.29, 0.717) is 6.42 Å². The third-order valence-corrected chi connectivity index (χ3v) is 2.19. The number of likely N-dealkylation sites (N-methyl/N-ethyl adjacent to an activating group) is 1. The maximum absolute atomic E-state index is 11.4. The van der Waals surface area contributed by atoms with Gasteiger partial charge in [0.15, 0.2) is 0 Å². The highest BCUT2D eigenvalue weighted by Crippen LogP contribution is 2.20. The quantitative estimate of drug-likeness (QED) is 0.318. The van der Waals surface area contributed by atoms with Crippen LogP contribution in [0.5, 0.6) is 0 Å². The number of urea groups is 1. The van der Waals surface area contributed by atoms with E-state index in [0.717, 1.165) is 4.90 Å². The standard InChI is InChI=1S/C8H8N2O4/c1-10-6(11)5(9-8(10)13)4-2-3-14-7(4)12/h2-3H2,1H3,(H,9,13)/b5-4-. The average molecular weight is 196 g/mol. The number of carbonyl (C=O) groups excluding carboxylic acids is 3. The molecule has 1 N–H and O–H groups in total. The van der Waals surface area contributed by atoms with Crippen LogP contribution in [0.4, 0.5) is 4.79 Å². The average Bonchev–Trinajstić information content (AvgIpc) is 2.66. The van der Waals surface area contributed by atoms with Crippen molar-refractivity contribution in [3.05, 3.63) is 11.3 Å². The van der Waals surface area contributed by atoms with Gasteiger partial charge in [-0.1, -0.05) is 0 Å². The van der Waals surface area contributed by atoms with Crippen LogP contribution in [0.1, 0.15) is 6.42 Å². The summed E-state index contributed by atoms with van der Waals surface area (Å²) in [4.78, 5) is 34.5. The van der Waals surface area contributed by atoms with Crippen LogP contribution in [0.2, 0.25) is 0 Å². The fourth-order valence-corrected chi connectivity index (χ4v) is 1.37. The van der Waals surface area contributed by atoms with Crippen LogP contribution in [-0.4, -0.2) is 36.5 Å². The van der Waals surface area contributed by atoms with Gasteiger partial charge in [-0.25, -0.2) is 9.59 Å². The molecule has 0 saturated carbocycles. The van der Waals surface area contributed by atoms with Crippen molar-refractivity contribution in [2.75, 3.05) is 13.7 Å². The predicted octanol–water partition coefficient (Wildman–Crippen LogP) is -0.631. The molecular formula is C8H8N2O4. The van der Waals surface area contributed by atoms with Crippen molar-refractivity contribution in [3.63, 3.8) is 0 Å². The fourth-order valence-electron chi connectivity index (χ4n) is 1.37. The maximum atomic E-state index is 11.4. The topological polar surface area (TPSA) is 75.7 Å². The van der Waals surface area contributed by atoms with E-state index < -0.39 is 17.9 Å². The summed E-state index contributed by atoms with van der Waals surface area (Å²) in [6.07, 6.45) is 0.369. The molecule has 2 aliphatic rings. The summed E-state index contributed by atoms with van der Waals surface area (Å²) >= 11 is 0. The Bertz CT molecular complexity index is 372. The summed E-state index contributed by atoms with van der Waals surface area (Å²) in [5, 5.41) is 2.34. The van der Waals surface area contributed by atoms with Crippen LogP contribution in [-0.2, 0) is 14.3 Å². The Labute approximate surface area is 79.5 Å². The molecule has 74 valence electrons. The summed E-state index contributed by atoms with van der Waals surface area (Å²) in [7, 11) is 1.35. The number of ether oxygens (including phenoxy) is 1. The molecular weight excluding hydrogens is 188 g/mol. The van der Waals surface area contributed by atoms with Gasteiger partial charge in [-0.15, -0.1) is 0 Å². The Balaban J connectivity index is 2.40. The van der Waals surface area contributed by atoms with Crippen molar-refractivity contribution >= 4 is 17.9 Å². The molecule has 2 saturated heterocycles. The number of esters is 1. The number of nitrogens with one attached hydrogen (secondary N) is 1. The molecule has 0 radical (unpaired) electrons. The molecule has 0 atom stereocenters. The van der Waals surface area contributed by atoms with E-state index in [9.17, 15) is 14.4 Å². The van der Waals surface area contributed by atoms with E-state index in [1.807, 2.05) is 0 Å². The summed E-state index contributed by atoms with van der Waals surface area (Å²) < 4.78 is 4.68. The van der Waals surface area contributed by atoms with Crippen LogP contribution >= 0.6 is 0 Å². The number of carbonyl (C=O) groups is 3. The molecule has 6 nitrogen and oxygen atoms in total. The van der Waals surface area contributed by atoms with E-state index in [1.165, 1.54) is 7.05 Å². The van der Waals surface area contributed by atoms with Gasteiger partial charge in [0.2, 0.25) is 0 Å². The molecule has 2 heterocycles. The molecule has 0 bridgehead atoms. The Morgan fingerprint density at radius 2 is 2.07 bits per heavy atom. The van der Waals surface area contributed by atoms with E-state index in [1.54, 1.807) is 0 Å². The highest BCUT2D eigenvalue weighted by molar-refractivity contribution is 6.15. The van der Waals surface area contributed by atoms with Gasteiger partial charge < -0.3 is 10.1 Å². The molecule has 6 heteroatoms. The summed E-state index contributed by atoms with van der Waals surface area (Å²) in [6, 6.07) is -0.516. The number of hydrogen-bond acceptors (Lipinski definition) is 4. The van der Waals surface area contributed by atoms with E-state index in [4.69, 9.17) is 0 Å². The smallest absolute Gasteiger partial charge is 0.336 e. The lowest BCUT2D eigenvalue weighted by atomic mass is 10.1. The highest BCUT2D eigenvalue weighted by Gasteiger charge is 2.36. The van der Waals surface area contributed by atoms with Gasteiger partial charge in [0.1, 0.15) is 5.70 Å². The van der Waals surface area contributed by atoms with Crippen molar-refractivity contribution in [2.45, 2.75) is 6.42 Å². The second-order valence-electron chi connectivity index (χ2n) is 3.03. The Kier molecular flexibility index (Phi) is 1.77. The van der Waals surface area contributed by atoms with Crippen LogP contribution in [0.3, 0.4) is 0 Å². The predicted molar refractivity (Wildman–Crippen MR) is 43.9 cm³/mol. The lowest BCUT2D eigenvalue weighted by molar-refractivity contribution is -0.135. The van der Waals surface area contributed by atoms with Crippen molar-refractivity contribution in [1.82, 2.24) is 10.2 Å². The lowest BCUT2D eigenvalue weighted by Crippen LogP contribution is -2.25. The van der Waals surface area contributed by atoms with Crippen molar-refractivity contribution in [1.29, 1.82) is 0 Å². The van der Waals surface area contributed by atoms with Gasteiger partial charge in [0, 0.05) is 13.5 Å². The zero-order valence-corrected chi connectivity index (χ0v) is 7.49. The third kappa shape index (κ3) is 1.07. The first-order valence-corrected chi connectivity index (χ1v) is 4.10. The Morgan fingerprint density at radius 1 is 1.36 bits per heavy atom. The Morgan fingerprint density at radius 3 is 2.50 bits per heavy atom.